The van der Waals surface area contributed by atoms with Crippen LogP contribution in [0.25, 0.3) is 11.3 Å². The second kappa shape index (κ2) is 8.56. The van der Waals surface area contributed by atoms with Gasteiger partial charge in [0.2, 0.25) is 5.91 Å². The van der Waals surface area contributed by atoms with Crippen molar-refractivity contribution < 1.29 is 9.53 Å². The Bertz CT molecular complexity index is 706. The fourth-order valence-corrected chi connectivity index (χ4v) is 3.83. The van der Waals surface area contributed by atoms with Crippen molar-refractivity contribution in [2.45, 2.75) is 39.2 Å². The van der Waals surface area contributed by atoms with E-state index in [2.05, 4.69) is 46.8 Å². The van der Waals surface area contributed by atoms with Crippen molar-refractivity contribution in [3.05, 3.63) is 34.7 Å². The summed E-state index contributed by atoms with van der Waals surface area (Å²) in [6.45, 7) is 6.32. The number of amides is 1. The fraction of sp³-hybridized carbons (Fsp3) is 0.474. The van der Waals surface area contributed by atoms with Gasteiger partial charge in [-0.15, -0.1) is 11.3 Å². The summed E-state index contributed by atoms with van der Waals surface area (Å²) in [5.74, 6) is -0.0263. The normalized spacial score (nSPS) is 17.4. The Balaban J connectivity index is 1.64. The highest BCUT2D eigenvalue weighted by atomic mass is 32.1. The van der Waals surface area contributed by atoms with Crippen LogP contribution in [0.4, 0.5) is 5.13 Å². The molecule has 2 N–H and O–H groups in total. The molecular weight excluding hydrogens is 334 g/mol. The number of nitrogens with one attached hydrogen (secondary N) is 2. The molecule has 25 heavy (non-hydrogen) atoms. The van der Waals surface area contributed by atoms with Gasteiger partial charge in [0, 0.05) is 29.4 Å². The summed E-state index contributed by atoms with van der Waals surface area (Å²) in [5.41, 5.74) is 3.38. The van der Waals surface area contributed by atoms with Crippen LogP contribution in [0.3, 0.4) is 0 Å². The summed E-state index contributed by atoms with van der Waals surface area (Å²) in [4.78, 5) is 17.9. The molecule has 1 aromatic carbocycles. The van der Waals surface area contributed by atoms with E-state index in [-0.39, 0.29) is 11.9 Å². The Morgan fingerprint density at radius 1 is 1.40 bits per heavy atom. The van der Waals surface area contributed by atoms with Crippen molar-refractivity contribution in [1.29, 1.82) is 0 Å². The zero-order valence-electron chi connectivity index (χ0n) is 14.8. The average Bonchev–Trinajstić information content (AvgIpc) is 2.97. The highest BCUT2D eigenvalue weighted by Gasteiger charge is 2.18. The predicted octanol–water partition coefficient (Wildman–Crippen LogP) is 3.39. The van der Waals surface area contributed by atoms with Gasteiger partial charge in [0.1, 0.15) is 0 Å². The van der Waals surface area contributed by atoms with Gasteiger partial charge in [0.15, 0.2) is 5.13 Å². The molecular formula is C19H25N3O2S. The van der Waals surface area contributed by atoms with Crippen LogP contribution in [0.5, 0.6) is 0 Å². The van der Waals surface area contributed by atoms with Crippen LogP contribution in [-0.4, -0.2) is 36.7 Å². The first kappa shape index (κ1) is 18.0. The van der Waals surface area contributed by atoms with E-state index < -0.39 is 0 Å². The van der Waals surface area contributed by atoms with Crippen LogP contribution in [0.2, 0.25) is 0 Å². The number of hydrogen-bond acceptors (Lipinski definition) is 5. The van der Waals surface area contributed by atoms with Gasteiger partial charge >= 0.3 is 0 Å². The molecule has 1 atom stereocenters. The van der Waals surface area contributed by atoms with E-state index in [9.17, 15) is 4.79 Å². The van der Waals surface area contributed by atoms with Crippen LogP contribution in [0, 0.1) is 6.92 Å². The van der Waals surface area contributed by atoms with E-state index in [0.29, 0.717) is 24.8 Å². The Hall–Kier alpha value is -1.76. The summed E-state index contributed by atoms with van der Waals surface area (Å²) < 4.78 is 5.39. The molecule has 1 aliphatic heterocycles. The summed E-state index contributed by atoms with van der Waals surface area (Å²) >= 11 is 1.52. The highest BCUT2D eigenvalue weighted by Crippen LogP contribution is 2.30. The SMILES string of the molecule is CCCc1ccc(-c2nc(NC(=O)CC3COCCN3)sc2C)cc1. The molecule has 5 nitrogen and oxygen atoms in total. The number of nitrogens with zero attached hydrogens (tertiary/aromatic N) is 1. The third kappa shape index (κ3) is 4.87. The smallest absolute Gasteiger partial charge is 0.227 e. The molecule has 6 heteroatoms. The third-order valence-electron chi connectivity index (χ3n) is 4.24. The highest BCUT2D eigenvalue weighted by molar-refractivity contribution is 7.16. The van der Waals surface area contributed by atoms with E-state index >= 15 is 0 Å². The summed E-state index contributed by atoms with van der Waals surface area (Å²) in [5, 5.41) is 6.87. The lowest BCUT2D eigenvalue weighted by Crippen LogP contribution is -2.43. The zero-order chi connectivity index (χ0) is 17.6. The monoisotopic (exact) mass is 359 g/mol. The molecule has 1 saturated heterocycles. The first-order valence-corrected chi connectivity index (χ1v) is 9.65. The second-order valence-corrected chi connectivity index (χ2v) is 7.55. The van der Waals surface area contributed by atoms with Crippen molar-refractivity contribution >= 4 is 22.4 Å². The molecule has 2 heterocycles. The van der Waals surface area contributed by atoms with Gasteiger partial charge in [-0.25, -0.2) is 4.98 Å². The van der Waals surface area contributed by atoms with Crippen molar-refractivity contribution in [3.63, 3.8) is 0 Å². The number of morpholine rings is 1. The van der Waals surface area contributed by atoms with Gasteiger partial charge in [-0.2, -0.15) is 0 Å². The molecule has 0 bridgehead atoms. The molecule has 0 spiro atoms. The maximum Gasteiger partial charge on any atom is 0.227 e. The number of ether oxygens (including phenoxy) is 1. The van der Waals surface area contributed by atoms with Crippen molar-refractivity contribution in [1.82, 2.24) is 10.3 Å². The topological polar surface area (TPSA) is 63.2 Å². The molecule has 1 amide bonds. The minimum absolute atomic E-state index is 0.0263. The summed E-state index contributed by atoms with van der Waals surface area (Å²) in [6.07, 6.45) is 2.64. The maximum absolute atomic E-state index is 12.2. The van der Waals surface area contributed by atoms with E-state index in [0.717, 1.165) is 35.5 Å². The van der Waals surface area contributed by atoms with Crippen molar-refractivity contribution in [2.24, 2.45) is 0 Å². The first-order chi connectivity index (χ1) is 12.2. The fourth-order valence-electron chi connectivity index (χ4n) is 2.98. The minimum Gasteiger partial charge on any atom is -0.378 e. The molecule has 0 saturated carbocycles. The van der Waals surface area contributed by atoms with Crippen LogP contribution in [0.15, 0.2) is 24.3 Å². The van der Waals surface area contributed by atoms with Crippen LogP contribution in [-0.2, 0) is 16.0 Å². The molecule has 0 aliphatic carbocycles. The Morgan fingerprint density at radius 2 is 2.20 bits per heavy atom. The molecule has 1 aromatic heterocycles. The maximum atomic E-state index is 12.2. The van der Waals surface area contributed by atoms with Gasteiger partial charge in [-0.05, 0) is 18.9 Å². The second-order valence-electron chi connectivity index (χ2n) is 6.35. The van der Waals surface area contributed by atoms with Gasteiger partial charge in [0.05, 0.1) is 18.9 Å². The van der Waals surface area contributed by atoms with E-state index in [1.807, 2.05) is 6.92 Å². The Labute approximate surface area is 152 Å². The number of benzene rings is 1. The average molecular weight is 359 g/mol. The van der Waals surface area contributed by atoms with Crippen LogP contribution < -0.4 is 10.6 Å². The standard InChI is InChI=1S/C19H25N3O2S/c1-3-4-14-5-7-15(8-6-14)18-13(2)25-19(22-18)21-17(23)11-16-12-24-10-9-20-16/h5-8,16,20H,3-4,9-12H2,1-2H3,(H,21,22,23). The molecule has 1 aliphatic rings. The largest absolute Gasteiger partial charge is 0.378 e. The number of thiazole rings is 1. The lowest BCUT2D eigenvalue weighted by Gasteiger charge is -2.22. The molecule has 134 valence electrons. The number of aromatic nitrogens is 1. The zero-order valence-corrected chi connectivity index (χ0v) is 15.6. The van der Waals surface area contributed by atoms with Crippen LogP contribution in [0.1, 0.15) is 30.2 Å². The Kier molecular flexibility index (Phi) is 6.18. The number of anilines is 1. The third-order valence-corrected chi connectivity index (χ3v) is 5.13. The quantitative estimate of drug-likeness (QED) is 0.830. The van der Waals surface area contributed by atoms with Gasteiger partial charge in [-0.1, -0.05) is 37.6 Å². The molecule has 3 rings (SSSR count). The van der Waals surface area contributed by atoms with Crippen molar-refractivity contribution in [2.75, 3.05) is 25.1 Å². The first-order valence-electron chi connectivity index (χ1n) is 8.83. The van der Waals surface area contributed by atoms with Crippen molar-refractivity contribution in [3.8, 4) is 11.3 Å². The number of carbonyl (C=O) groups excluding carboxylic acids is 1. The molecule has 1 unspecified atom stereocenters. The Morgan fingerprint density at radius 3 is 2.88 bits per heavy atom. The van der Waals surface area contributed by atoms with Crippen LogP contribution >= 0.6 is 11.3 Å². The van der Waals surface area contributed by atoms with Gasteiger partial charge in [0.25, 0.3) is 0 Å². The van der Waals surface area contributed by atoms with E-state index in [1.54, 1.807) is 0 Å². The molecule has 0 radical (unpaired) electrons. The van der Waals surface area contributed by atoms with E-state index in [1.165, 1.54) is 16.9 Å². The minimum atomic E-state index is -0.0263. The number of hydrogen-bond donors (Lipinski definition) is 2. The summed E-state index contributed by atoms with van der Waals surface area (Å²) in [6, 6.07) is 8.62. The lowest BCUT2D eigenvalue weighted by molar-refractivity contribution is -0.117. The lowest BCUT2D eigenvalue weighted by atomic mass is 10.1. The number of aryl methyl sites for hydroxylation is 2. The molecule has 2 aromatic rings. The number of rotatable bonds is 6. The number of carbonyl (C=O) groups is 1. The van der Waals surface area contributed by atoms with Gasteiger partial charge < -0.3 is 15.4 Å². The molecule has 1 fully saturated rings. The van der Waals surface area contributed by atoms with Gasteiger partial charge in [-0.3, -0.25) is 4.79 Å². The van der Waals surface area contributed by atoms with E-state index in [4.69, 9.17) is 4.74 Å². The summed E-state index contributed by atoms with van der Waals surface area (Å²) in [7, 11) is 0. The predicted molar refractivity (Wildman–Crippen MR) is 102 cm³/mol.